The maximum Gasteiger partial charge on any atom is 0.448 e. The van der Waals surface area contributed by atoms with Crippen LogP contribution >= 0.6 is 0 Å². The van der Waals surface area contributed by atoms with Crippen molar-refractivity contribution in [2.45, 2.75) is 33.4 Å². The van der Waals surface area contributed by atoms with Gasteiger partial charge < -0.3 is 0 Å². The molecule has 0 bridgehead atoms. The molecule has 6 nitrogen and oxygen atoms in total. The molecule has 0 aliphatic carbocycles. The van der Waals surface area contributed by atoms with Gasteiger partial charge in [-0.15, -0.1) is 0 Å². The molecule has 0 spiro atoms. The van der Waals surface area contributed by atoms with Gasteiger partial charge in [0.25, 0.3) is 0 Å². The van der Waals surface area contributed by atoms with E-state index in [-0.39, 0.29) is 17.9 Å². The predicted octanol–water partition coefficient (Wildman–Crippen LogP) is 2.99. The second-order valence-corrected chi connectivity index (χ2v) is 6.17. The Morgan fingerprint density at radius 3 is 2.52 bits per heavy atom. The zero-order valence-corrected chi connectivity index (χ0v) is 12.6. The molecule has 0 fully saturated rings. The summed E-state index contributed by atoms with van der Waals surface area (Å²) in [5, 5.41) is 3.39. The Morgan fingerprint density at radius 2 is 1.96 bits per heavy atom. The molecule has 0 aliphatic rings. The summed E-state index contributed by atoms with van der Waals surface area (Å²) < 4.78 is 43.3. The molecule has 2 aromatic rings. The highest BCUT2D eigenvalue weighted by Gasteiger charge is 2.32. The van der Waals surface area contributed by atoms with Gasteiger partial charge in [-0.05, 0) is 17.5 Å². The van der Waals surface area contributed by atoms with Gasteiger partial charge in [-0.1, -0.05) is 25.9 Å². The fourth-order valence-electron chi connectivity index (χ4n) is 1.89. The molecule has 0 amide bonds. The first kappa shape index (κ1) is 16.9. The highest BCUT2D eigenvalue weighted by Crippen LogP contribution is 2.30. The molecule has 2 rings (SSSR count). The van der Waals surface area contributed by atoms with E-state index in [4.69, 9.17) is 0 Å². The maximum absolute atomic E-state index is 12.8. The zero-order valence-electron chi connectivity index (χ0n) is 12.6. The van der Waals surface area contributed by atoms with Crippen LogP contribution in [0.15, 0.2) is 27.6 Å². The molecule has 0 unspecified atom stereocenters. The van der Waals surface area contributed by atoms with Crippen LogP contribution in [0.1, 0.15) is 37.6 Å². The van der Waals surface area contributed by atoms with E-state index in [1.54, 1.807) is 20.8 Å². The number of carbonyl (C=O) groups is 1. The summed E-state index contributed by atoms with van der Waals surface area (Å²) in [5.74, 6) is -2.04. The number of aromatic nitrogens is 3. The second kappa shape index (κ2) is 5.64. The molecule has 9 heteroatoms. The maximum atomic E-state index is 12.8. The van der Waals surface area contributed by atoms with Gasteiger partial charge in [0, 0.05) is 12.6 Å². The van der Waals surface area contributed by atoms with Gasteiger partial charge in [-0.3, -0.25) is 14.3 Å². The fraction of sp³-hybridized carbons (Fsp3) is 0.429. The summed E-state index contributed by atoms with van der Waals surface area (Å²) in [6.45, 7) is 5.35. The van der Waals surface area contributed by atoms with Gasteiger partial charge in [0.05, 0.1) is 5.56 Å². The van der Waals surface area contributed by atoms with E-state index in [9.17, 15) is 22.8 Å². The molecular weight excluding hydrogens is 315 g/mol. The molecule has 0 radical (unpaired) electrons. The molecule has 23 heavy (non-hydrogen) atoms. The Hall–Kier alpha value is -2.45. The first-order valence-electron chi connectivity index (χ1n) is 6.64. The van der Waals surface area contributed by atoms with Gasteiger partial charge in [0.15, 0.2) is 0 Å². The smallest absolute Gasteiger partial charge is 0.295 e. The standard InChI is InChI=1S/C14H14F3N3O3/c1-13(2,3)7-10(21)20-11(19-23-12(20)22)9-6-8(4-5-18-9)14(15,16)17/h4-6H,7H2,1-3H3. The molecule has 2 aromatic heterocycles. The van der Waals surface area contributed by atoms with E-state index in [1.807, 2.05) is 0 Å². The molecule has 0 saturated heterocycles. The predicted molar refractivity (Wildman–Crippen MR) is 73.7 cm³/mol. The van der Waals surface area contributed by atoms with Crippen molar-refractivity contribution >= 4 is 5.91 Å². The van der Waals surface area contributed by atoms with Crippen LogP contribution in [0.5, 0.6) is 0 Å². The normalized spacial score (nSPS) is 12.4. The third-order valence-corrected chi connectivity index (χ3v) is 2.85. The number of rotatable bonds is 2. The number of hydrogen-bond acceptors (Lipinski definition) is 5. The van der Waals surface area contributed by atoms with E-state index in [0.29, 0.717) is 10.6 Å². The van der Waals surface area contributed by atoms with Gasteiger partial charge >= 0.3 is 11.9 Å². The number of halogens is 3. The lowest BCUT2D eigenvalue weighted by Gasteiger charge is -2.16. The van der Waals surface area contributed by atoms with E-state index < -0.39 is 28.8 Å². The third-order valence-electron chi connectivity index (χ3n) is 2.85. The molecular formula is C14H14F3N3O3. The molecule has 0 aromatic carbocycles. The Balaban J connectivity index is 2.51. The summed E-state index contributed by atoms with van der Waals surface area (Å²) in [6, 6.07) is 1.49. The number of nitrogens with zero attached hydrogens (tertiary/aromatic N) is 3. The van der Waals surface area contributed by atoms with Crippen LogP contribution in [0.4, 0.5) is 13.2 Å². The van der Waals surface area contributed by atoms with Crippen molar-refractivity contribution in [1.82, 2.24) is 14.7 Å². The van der Waals surface area contributed by atoms with Crippen LogP contribution in [0.25, 0.3) is 11.5 Å². The summed E-state index contributed by atoms with van der Waals surface area (Å²) in [7, 11) is 0. The van der Waals surface area contributed by atoms with E-state index in [1.165, 1.54) is 0 Å². The van der Waals surface area contributed by atoms with Gasteiger partial charge in [-0.2, -0.15) is 17.7 Å². The Kier molecular flexibility index (Phi) is 4.14. The number of pyridine rings is 1. The molecule has 0 saturated carbocycles. The van der Waals surface area contributed by atoms with Crippen molar-refractivity contribution in [1.29, 1.82) is 0 Å². The van der Waals surface area contributed by atoms with Crippen LogP contribution in [0.2, 0.25) is 0 Å². The summed E-state index contributed by atoms with van der Waals surface area (Å²) in [5.41, 5.74) is -1.66. The third kappa shape index (κ3) is 3.85. The van der Waals surface area contributed by atoms with Crippen LogP contribution < -0.4 is 5.76 Å². The Labute approximate surface area is 128 Å². The molecule has 124 valence electrons. The van der Waals surface area contributed by atoms with Gasteiger partial charge in [-0.25, -0.2) is 4.79 Å². The molecule has 0 atom stereocenters. The van der Waals surface area contributed by atoms with Crippen molar-refractivity contribution in [2.24, 2.45) is 5.41 Å². The first-order valence-corrected chi connectivity index (χ1v) is 6.64. The van der Waals surface area contributed by atoms with Crippen molar-refractivity contribution in [3.8, 4) is 11.5 Å². The highest BCUT2D eigenvalue weighted by molar-refractivity contribution is 5.82. The average Bonchev–Trinajstić information content (AvgIpc) is 2.78. The second-order valence-electron chi connectivity index (χ2n) is 6.17. The van der Waals surface area contributed by atoms with E-state index in [2.05, 4.69) is 14.7 Å². The zero-order chi connectivity index (χ0) is 17.4. The van der Waals surface area contributed by atoms with Crippen molar-refractivity contribution in [3.63, 3.8) is 0 Å². The van der Waals surface area contributed by atoms with Crippen molar-refractivity contribution in [2.75, 3.05) is 0 Å². The fourth-order valence-corrected chi connectivity index (χ4v) is 1.89. The Morgan fingerprint density at radius 1 is 1.30 bits per heavy atom. The lowest BCUT2D eigenvalue weighted by Crippen LogP contribution is -2.27. The number of alkyl halides is 3. The topological polar surface area (TPSA) is 78.0 Å². The SMILES string of the molecule is CC(C)(C)CC(=O)n1c(-c2cc(C(F)(F)F)ccn2)noc1=O. The van der Waals surface area contributed by atoms with Crippen molar-refractivity contribution < 1.29 is 22.5 Å². The van der Waals surface area contributed by atoms with Gasteiger partial charge in [0.2, 0.25) is 11.7 Å². The summed E-state index contributed by atoms with van der Waals surface area (Å²) >= 11 is 0. The largest absolute Gasteiger partial charge is 0.448 e. The lowest BCUT2D eigenvalue weighted by atomic mass is 9.92. The molecule has 0 N–H and O–H groups in total. The Bertz CT molecular complexity index is 785. The molecule has 2 heterocycles. The van der Waals surface area contributed by atoms with Crippen molar-refractivity contribution in [3.05, 3.63) is 34.4 Å². The first-order chi connectivity index (χ1) is 10.5. The highest BCUT2D eigenvalue weighted by atomic mass is 19.4. The minimum Gasteiger partial charge on any atom is -0.295 e. The van der Waals surface area contributed by atoms with E-state index >= 15 is 0 Å². The molecule has 0 aliphatic heterocycles. The monoisotopic (exact) mass is 329 g/mol. The van der Waals surface area contributed by atoms with E-state index in [0.717, 1.165) is 12.3 Å². The number of hydrogen-bond donors (Lipinski definition) is 0. The van der Waals surface area contributed by atoms with Gasteiger partial charge in [0.1, 0.15) is 5.69 Å². The summed E-state index contributed by atoms with van der Waals surface area (Å²) in [6.07, 6.45) is -3.67. The van der Waals surface area contributed by atoms with Crippen LogP contribution in [0, 0.1) is 5.41 Å². The van der Waals surface area contributed by atoms with Crippen LogP contribution in [-0.4, -0.2) is 20.6 Å². The number of carbonyl (C=O) groups excluding carboxylic acids is 1. The van der Waals surface area contributed by atoms with Crippen LogP contribution in [0.3, 0.4) is 0 Å². The minimum absolute atomic E-state index is 0.0138. The summed E-state index contributed by atoms with van der Waals surface area (Å²) in [4.78, 5) is 27.7. The average molecular weight is 329 g/mol. The lowest BCUT2D eigenvalue weighted by molar-refractivity contribution is -0.137. The quantitative estimate of drug-likeness (QED) is 0.846. The van der Waals surface area contributed by atoms with Crippen LogP contribution in [-0.2, 0) is 6.18 Å². The minimum atomic E-state index is -4.58.